The first-order valence-corrected chi connectivity index (χ1v) is 8.82. The topological polar surface area (TPSA) is 61.2 Å². The molecule has 136 valence electrons. The van der Waals surface area contributed by atoms with Gasteiger partial charge in [-0.05, 0) is 36.2 Å². The lowest BCUT2D eigenvalue weighted by atomic mass is 10.2. The molecule has 8 heteroatoms. The van der Waals surface area contributed by atoms with Crippen LogP contribution in [0.5, 0.6) is 11.5 Å². The molecule has 26 heavy (non-hydrogen) atoms. The quantitative estimate of drug-likeness (QED) is 0.618. The first-order valence-electron chi connectivity index (χ1n) is 8.06. The fourth-order valence-corrected chi connectivity index (χ4v) is 2.77. The molecule has 0 amide bonds. The lowest BCUT2D eigenvalue weighted by molar-refractivity contribution is 0.269. The highest BCUT2D eigenvalue weighted by molar-refractivity contribution is 6.31. The number of hydrogen-bond donors (Lipinski definition) is 1. The Bertz CT molecular complexity index is 856. The summed E-state index contributed by atoms with van der Waals surface area (Å²) < 4.78 is 13.3. The van der Waals surface area contributed by atoms with Crippen LogP contribution in [0.3, 0.4) is 0 Å². The second-order valence-corrected chi connectivity index (χ2v) is 6.29. The molecule has 1 N–H and O–H groups in total. The normalized spacial score (nSPS) is 10.6. The maximum absolute atomic E-state index is 6.41. The molecular formula is C18H18Cl2N4O2. The Morgan fingerprint density at radius 2 is 1.81 bits per heavy atom. The molecule has 0 atom stereocenters. The molecule has 3 aromatic rings. The van der Waals surface area contributed by atoms with Gasteiger partial charge in [-0.25, -0.2) is 4.68 Å². The van der Waals surface area contributed by atoms with E-state index >= 15 is 0 Å². The number of nitrogens with one attached hydrogen (secondary N) is 1. The van der Waals surface area contributed by atoms with Crippen LogP contribution in [-0.4, -0.2) is 21.5 Å². The second kappa shape index (κ2) is 8.78. The maximum Gasteiger partial charge on any atom is 0.163 e. The predicted octanol–water partition coefficient (Wildman–Crippen LogP) is 4.31. The average molecular weight is 393 g/mol. The fraction of sp³-hybridized carbons (Fsp3) is 0.222. The number of halogens is 2. The van der Waals surface area contributed by atoms with E-state index in [4.69, 9.17) is 32.7 Å². The number of ether oxygens (including phenoxy) is 2. The van der Waals surface area contributed by atoms with Crippen molar-refractivity contribution in [3.63, 3.8) is 0 Å². The minimum absolute atomic E-state index is 0.370. The highest BCUT2D eigenvalue weighted by Crippen LogP contribution is 2.34. The third-order valence-electron chi connectivity index (χ3n) is 3.57. The molecule has 0 bridgehead atoms. The van der Waals surface area contributed by atoms with Gasteiger partial charge in [0.25, 0.3) is 0 Å². The Hall–Kier alpha value is -2.44. The molecule has 1 heterocycles. The minimum atomic E-state index is 0.370. The van der Waals surface area contributed by atoms with Crippen LogP contribution in [-0.2, 0) is 13.2 Å². The monoisotopic (exact) mass is 392 g/mol. The number of rotatable bonds is 8. The SMILES string of the molecule is CCOc1cc(CNn2cnnc2)c(Cl)cc1OCc1cccc(Cl)c1. The van der Waals surface area contributed by atoms with Crippen molar-refractivity contribution >= 4 is 23.2 Å². The van der Waals surface area contributed by atoms with E-state index < -0.39 is 0 Å². The zero-order valence-electron chi connectivity index (χ0n) is 14.2. The molecule has 0 aliphatic heterocycles. The van der Waals surface area contributed by atoms with E-state index in [1.807, 2.05) is 37.3 Å². The molecule has 0 fully saturated rings. The Balaban J connectivity index is 1.75. The summed E-state index contributed by atoms with van der Waals surface area (Å²) in [5.41, 5.74) is 4.97. The highest BCUT2D eigenvalue weighted by atomic mass is 35.5. The summed E-state index contributed by atoms with van der Waals surface area (Å²) >= 11 is 12.4. The fourth-order valence-electron chi connectivity index (χ4n) is 2.34. The van der Waals surface area contributed by atoms with Gasteiger partial charge in [0.05, 0.1) is 13.2 Å². The van der Waals surface area contributed by atoms with Crippen molar-refractivity contribution in [3.05, 3.63) is 70.2 Å². The van der Waals surface area contributed by atoms with E-state index in [1.54, 1.807) is 23.4 Å². The number of hydrogen-bond acceptors (Lipinski definition) is 5. The van der Waals surface area contributed by atoms with Gasteiger partial charge >= 0.3 is 0 Å². The van der Waals surface area contributed by atoms with Crippen molar-refractivity contribution in [3.8, 4) is 11.5 Å². The number of nitrogens with zero attached hydrogens (tertiary/aromatic N) is 3. The molecule has 0 unspecified atom stereocenters. The average Bonchev–Trinajstić information content (AvgIpc) is 3.14. The summed E-state index contributed by atoms with van der Waals surface area (Å²) in [5, 5.41) is 8.73. The van der Waals surface area contributed by atoms with Crippen molar-refractivity contribution in [2.75, 3.05) is 12.0 Å². The van der Waals surface area contributed by atoms with Gasteiger partial charge in [-0.15, -0.1) is 10.2 Å². The van der Waals surface area contributed by atoms with Gasteiger partial charge in [-0.3, -0.25) is 0 Å². The minimum Gasteiger partial charge on any atom is -0.490 e. The molecular weight excluding hydrogens is 375 g/mol. The molecule has 6 nitrogen and oxygen atoms in total. The maximum atomic E-state index is 6.41. The second-order valence-electron chi connectivity index (χ2n) is 5.45. The van der Waals surface area contributed by atoms with Gasteiger partial charge in [-0.1, -0.05) is 35.3 Å². The summed E-state index contributed by atoms with van der Waals surface area (Å²) in [6, 6.07) is 11.2. The Kier molecular flexibility index (Phi) is 6.20. The van der Waals surface area contributed by atoms with Gasteiger partial charge in [0.2, 0.25) is 0 Å². The molecule has 2 aromatic carbocycles. The summed E-state index contributed by atoms with van der Waals surface area (Å²) in [6.45, 7) is 3.30. The van der Waals surface area contributed by atoms with Crippen LogP contribution in [0, 0.1) is 0 Å². The third-order valence-corrected chi connectivity index (χ3v) is 4.15. The van der Waals surface area contributed by atoms with Crippen molar-refractivity contribution in [1.82, 2.24) is 14.9 Å². The van der Waals surface area contributed by atoms with Crippen LogP contribution in [0.2, 0.25) is 10.0 Å². The lowest BCUT2D eigenvalue weighted by Gasteiger charge is -2.15. The Morgan fingerprint density at radius 1 is 1.04 bits per heavy atom. The van der Waals surface area contributed by atoms with Gasteiger partial charge in [0.1, 0.15) is 19.3 Å². The molecule has 0 saturated heterocycles. The van der Waals surface area contributed by atoms with Gasteiger partial charge < -0.3 is 14.9 Å². The zero-order valence-corrected chi connectivity index (χ0v) is 15.7. The molecule has 0 aliphatic rings. The van der Waals surface area contributed by atoms with Gasteiger partial charge in [0, 0.05) is 16.1 Å². The molecule has 3 rings (SSSR count). The highest BCUT2D eigenvalue weighted by Gasteiger charge is 2.12. The first-order chi connectivity index (χ1) is 12.7. The molecule has 0 spiro atoms. The van der Waals surface area contributed by atoms with E-state index in [2.05, 4.69) is 15.6 Å². The first kappa shape index (κ1) is 18.4. The molecule has 0 aliphatic carbocycles. The van der Waals surface area contributed by atoms with E-state index in [9.17, 15) is 0 Å². The van der Waals surface area contributed by atoms with Crippen molar-refractivity contribution in [2.45, 2.75) is 20.1 Å². The molecule has 0 saturated carbocycles. The van der Waals surface area contributed by atoms with Crippen LogP contribution in [0.1, 0.15) is 18.1 Å². The number of benzene rings is 2. The smallest absolute Gasteiger partial charge is 0.163 e. The van der Waals surface area contributed by atoms with E-state index in [0.717, 1.165) is 11.1 Å². The van der Waals surface area contributed by atoms with E-state index in [1.165, 1.54) is 0 Å². The van der Waals surface area contributed by atoms with E-state index in [0.29, 0.717) is 41.3 Å². The summed E-state index contributed by atoms with van der Waals surface area (Å²) in [4.78, 5) is 0. The van der Waals surface area contributed by atoms with Crippen LogP contribution in [0.15, 0.2) is 49.1 Å². The predicted molar refractivity (Wildman–Crippen MR) is 101 cm³/mol. The number of aromatic nitrogens is 3. The largest absolute Gasteiger partial charge is 0.490 e. The van der Waals surface area contributed by atoms with Crippen molar-refractivity contribution in [2.24, 2.45) is 0 Å². The zero-order chi connectivity index (χ0) is 18.4. The van der Waals surface area contributed by atoms with Crippen LogP contribution in [0.4, 0.5) is 0 Å². The van der Waals surface area contributed by atoms with Crippen LogP contribution in [0.25, 0.3) is 0 Å². The third kappa shape index (κ3) is 4.80. The summed E-state index contributed by atoms with van der Waals surface area (Å²) in [6.07, 6.45) is 3.14. The lowest BCUT2D eigenvalue weighted by Crippen LogP contribution is -2.12. The summed E-state index contributed by atoms with van der Waals surface area (Å²) in [5.74, 6) is 1.23. The molecule has 0 radical (unpaired) electrons. The van der Waals surface area contributed by atoms with Crippen LogP contribution >= 0.6 is 23.2 Å². The Labute approximate surface area is 161 Å². The van der Waals surface area contributed by atoms with E-state index in [-0.39, 0.29) is 0 Å². The molecule has 1 aromatic heterocycles. The van der Waals surface area contributed by atoms with Crippen molar-refractivity contribution < 1.29 is 9.47 Å². The summed E-state index contributed by atoms with van der Waals surface area (Å²) in [7, 11) is 0. The van der Waals surface area contributed by atoms with Crippen LogP contribution < -0.4 is 14.9 Å². The van der Waals surface area contributed by atoms with Gasteiger partial charge in [0.15, 0.2) is 11.5 Å². The standard InChI is InChI=1S/C18H18Cl2N4O2/c1-2-25-17-7-14(9-23-24-11-21-22-12-24)16(20)8-18(17)26-10-13-4-3-5-15(19)6-13/h3-8,11-12,23H,2,9-10H2,1H3. The van der Waals surface area contributed by atoms with Gasteiger partial charge in [-0.2, -0.15) is 0 Å². The Morgan fingerprint density at radius 3 is 2.54 bits per heavy atom. The van der Waals surface area contributed by atoms with Crippen molar-refractivity contribution in [1.29, 1.82) is 0 Å².